The van der Waals surface area contributed by atoms with Crippen molar-refractivity contribution in [3.63, 3.8) is 0 Å². The zero-order valence-electron chi connectivity index (χ0n) is 9.39. The molecule has 0 aliphatic carbocycles. The third kappa shape index (κ3) is 4.06. The van der Waals surface area contributed by atoms with E-state index >= 15 is 0 Å². The molecule has 0 bridgehead atoms. The molecule has 0 fully saturated rings. The first-order valence-electron chi connectivity index (χ1n) is 5.23. The Balaban J connectivity index is 2.50. The van der Waals surface area contributed by atoms with E-state index < -0.39 is 0 Å². The van der Waals surface area contributed by atoms with Gasteiger partial charge in [-0.25, -0.2) is 0 Å². The summed E-state index contributed by atoms with van der Waals surface area (Å²) in [5.74, 6) is 0. The Labute approximate surface area is 97.1 Å². The van der Waals surface area contributed by atoms with Crippen LogP contribution >= 0.6 is 11.6 Å². The van der Waals surface area contributed by atoms with Crippen LogP contribution in [0.25, 0.3) is 0 Å². The van der Waals surface area contributed by atoms with Crippen LogP contribution in [0.4, 0.5) is 0 Å². The number of benzene rings is 1. The van der Waals surface area contributed by atoms with Crippen LogP contribution in [0, 0.1) is 0 Å². The average molecular weight is 224 g/mol. The van der Waals surface area contributed by atoms with Gasteiger partial charge < -0.3 is 5.32 Å². The van der Waals surface area contributed by atoms with E-state index in [4.69, 9.17) is 11.6 Å². The van der Waals surface area contributed by atoms with Gasteiger partial charge in [0.25, 0.3) is 0 Å². The van der Waals surface area contributed by atoms with Gasteiger partial charge in [0.1, 0.15) is 0 Å². The van der Waals surface area contributed by atoms with Crippen LogP contribution in [-0.2, 0) is 0 Å². The standard InChI is InChI=1S/C13H18ClN/c1-10(2)8-9-15-11(3)12-6-4-5-7-13(12)14/h4-7,11,15H,1,8-9H2,2-3H3. The molecular weight excluding hydrogens is 206 g/mol. The van der Waals surface area contributed by atoms with Crippen LogP contribution in [0.2, 0.25) is 5.02 Å². The van der Waals surface area contributed by atoms with Crippen LogP contribution in [0.15, 0.2) is 36.4 Å². The van der Waals surface area contributed by atoms with Crippen LogP contribution < -0.4 is 5.32 Å². The summed E-state index contributed by atoms with van der Waals surface area (Å²) < 4.78 is 0. The van der Waals surface area contributed by atoms with E-state index in [1.165, 1.54) is 5.57 Å². The molecule has 0 radical (unpaired) electrons. The fourth-order valence-electron chi connectivity index (χ4n) is 1.44. The van der Waals surface area contributed by atoms with Crippen LogP contribution in [-0.4, -0.2) is 6.54 Å². The molecule has 0 amide bonds. The van der Waals surface area contributed by atoms with E-state index in [9.17, 15) is 0 Å². The molecule has 1 aromatic rings. The second kappa shape index (κ2) is 5.94. The van der Waals surface area contributed by atoms with Gasteiger partial charge in [0.15, 0.2) is 0 Å². The fraction of sp³-hybridized carbons (Fsp3) is 0.385. The quantitative estimate of drug-likeness (QED) is 0.746. The molecule has 0 aliphatic heterocycles. The first-order chi connectivity index (χ1) is 7.11. The monoisotopic (exact) mass is 223 g/mol. The molecule has 0 aliphatic rings. The molecule has 0 spiro atoms. The Bertz CT molecular complexity index is 333. The molecule has 1 aromatic carbocycles. The van der Waals surface area contributed by atoms with Gasteiger partial charge >= 0.3 is 0 Å². The van der Waals surface area contributed by atoms with Crippen molar-refractivity contribution < 1.29 is 0 Å². The fourth-order valence-corrected chi connectivity index (χ4v) is 1.74. The number of halogens is 1. The summed E-state index contributed by atoms with van der Waals surface area (Å²) >= 11 is 6.10. The topological polar surface area (TPSA) is 12.0 Å². The van der Waals surface area contributed by atoms with Gasteiger partial charge in [-0.1, -0.05) is 35.4 Å². The lowest BCUT2D eigenvalue weighted by molar-refractivity contribution is 0.576. The molecule has 1 rings (SSSR count). The smallest absolute Gasteiger partial charge is 0.0453 e. The van der Waals surface area contributed by atoms with E-state index in [0.29, 0.717) is 0 Å². The summed E-state index contributed by atoms with van der Waals surface area (Å²) in [6.45, 7) is 8.99. The molecule has 0 saturated carbocycles. The maximum atomic E-state index is 6.10. The van der Waals surface area contributed by atoms with E-state index in [0.717, 1.165) is 23.6 Å². The SMILES string of the molecule is C=C(C)CCNC(C)c1ccccc1Cl. The van der Waals surface area contributed by atoms with Crippen molar-refractivity contribution in [2.45, 2.75) is 26.3 Å². The normalized spacial score (nSPS) is 12.5. The van der Waals surface area contributed by atoms with Crippen molar-refractivity contribution in [1.82, 2.24) is 5.32 Å². The molecule has 0 heterocycles. The lowest BCUT2D eigenvalue weighted by Crippen LogP contribution is -2.20. The molecule has 15 heavy (non-hydrogen) atoms. The highest BCUT2D eigenvalue weighted by molar-refractivity contribution is 6.31. The molecule has 0 saturated heterocycles. The number of hydrogen-bond donors (Lipinski definition) is 1. The predicted molar refractivity (Wildman–Crippen MR) is 67.3 cm³/mol. The van der Waals surface area contributed by atoms with Gasteiger partial charge in [-0.2, -0.15) is 0 Å². The van der Waals surface area contributed by atoms with Gasteiger partial charge in [-0.15, -0.1) is 6.58 Å². The third-order valence-electron chi connectivity index (χ3n) is 2.37. The van der Waals surface area contributed by atoms with Gasteiger partial charge in [0.05, 0.1) is 0 Å². The minimum atomic E-state index is 0.290. The average Bonchev–Trinajstić information content (AvgIpc) is 2.17. The molecular formula is C13H18ClN. The minimum absolute atomic E-state index is 0.290. The van der Waals surface area contributed by atoms with Crippen molar-refractivity contribution in [3.8, 4) is 0 Å². The lowest BCUT2D eigenvalue weighted by Gasteiger charge is -2.15. The summed E-state index contributed by atoms with van der Waals surface area (Å²) in [4.78, 5) is 0. The van der Waals surface area contributed by atoms with Crippen molar-refractivity contribution >= 4 is 11.6 Å². The van der Waals surface area contributed by atoms with E-state index in [1.54, 1.807) is 0 Å². The Kier molecular flexibility index (Phi) is 4.86. The summed E-state index contributed by atoms with van der Waals surface area (Å²) in [6, 6.07) is 8.23. The molecule has 1 nitrogen and oxygen atoms in total. The minimum Gasteiger partial charge on any atom is -0.310 e. The Morgan fingerprint density at radius 2 is 2.13 bits per heavy atom. The highest BCUT2D eigenvalue weighted by Gasteiger charge is 2.07. The largest absolute Gasteiger partial charge is 0.310 e. The number of rotatable bonds is 5. The first-order valence-corrected chi connectivity index (χ1v) is 5.61. The zero-order chi connectivity index (χ0) is 11.3. The van der Waals surface area contributed by atoms with E-state index in [-0.39, 0.29) is 6.04 Å². The number of nitrogens with one attached hydrogen (secondary N) is 1. The summed E-state index contributed by atoms with van der Waals surface area (Å²) in [7, 11) is 0. The maximum absolute atomic E-state index is 6.10. The predicted octanol–water partition coefficient (Wildman–Crippen LogP) is 3.96. The summed E-state index contributed by atoms with van der Waals surface area (Å²) in [5, 5.41) is 4.25. The van der Waals surface area contributed by atoms with Crippen molar-refractivity contribution in [2.75, 3.05) is 6.54 Å². The first kappa shape index (κ1) is 12.3. The maximum Gasteiger partial charge on any atom is 0.0453 e. The van der Waals surface area contributed by atoms with Crippen molar-refractivity contribution in [1.29, 1.82) is 0 Å². The van der Waals surface area contributed by atoms with E-state index in [2.05, 4.69) is 24.9 Å². The van der Waals surface area contributed by atoms with Gasteiger partial charge in [0, 0.05) is 11.1 Å². The van der Waals surface area contributed by atoms with Gasteiger partial charge in [0.2, 0.25) is 0 Å². The zero-order valence-corrected chi connectivity index (χ0v) is 10.1. The van der Waals surface area contributed by atoms with Crippen LogP contribution in [0.1, 0.15) is 31.9 Å². The van der Waals surface area contributed by atoms with Crippen LogP contribution in [0.5, 0.6) is 0 Å². The van der Waals surface area contributed by atoms with Gasteiger partial charge in [-0.05, 0) is 38.4 Å². The lowest BCUT2D eigenvalue weighted by atomic mass is 10.1. The van der Waals surface area contributed by atoms with Crippen LogP contribution in [0.3, 0.4) is 0 Å². The molecule has 0 aromatic heterocycles. The second-order valence-corrected chi connectivity index (χ2v) is 4.31. The Morgan fingerprint density at radius 3 is 2.73 bits per heavy atom. The molecule has 2 heteroatoms. The second-order valence-electron chi connectivity index (χ2n) is 3.90. The highest BCUT2D eigenvalue weighted by atomic mass is 35.5. The van der Waals surface area contributed by atoms with E-state index in [1.807, 2.05) is 25.1 Å². The Hall–Kier alpha value is -0.790. The molecule has 82 valence electrons. The highest BCUT2D eigenvalue weighted by Crippen LogP contribution is 2.21. The molecule has 1 atom stereocenters. The third-order valence-corrected chi connectivity index (χ3v) is 2.72. The van der Waals surface area contributed by atoms with Crippen molar-refractivity contribution in [2.24, 2.45) is 0 Å². The van der Waals surface area contributed by atoms with Gasteiger partial charge in [-0.3, -0.25) is 0 Å². The Morgan fingerprint density at radius 1 is 1.47 bits per heavy atom. The summed E-state index contributed by atoms with van der Waals surface area (Å²) in [6.07, 6.45) is 1.01. The van der Waals surface area contributed by atoms with Crippen molar-refractivity contribution in [3.05, 3.63) is 47.0 Å². The molecule has 1 unspecified atom stereocenters. The summed E-state index contributed by atoms with van der Waals surface area (Å²) in [5.41, 5.74) is 2.36. The number of hydrogen-bond acceptors (Lipinski definition) is 1. The molecule has 1 N–H and O–H groups in total.